The number of carbonyl (C=O) groups excluding carboxylic acids is 4. The van der Waals surface area contributed by atoms with E-state index in [9.17, 15) is 19.2 Å². The largest absolute Gasteiger partial charge is 0.351 e. The zero-order valence-electron chi connectivity index (χ0n) is 17.0. The van der Waals surface area contributed by atoms with Gasteiger partial charge in [0.25, 0.3) is 0 Å². The number of hydrogen-bond donors (Lipinski definition) is 2. The molecule has 3 rings (SSSR count). The fourth-order valence-electron chi connectivity index (χ4n) is 3.26. The number of nitrogens with one attached hydrogen (secondary N) is 1. The zero-order valence-corrected chi connectivity index (χ0v) is 18.5. The van der Waals surface area contributed by atoms with Crippen molar-refractivity contribution in [3.05, 3.63) is 64.1 Å². The number of amides is 6. The van der Waals surface area contributed by atoms with Gasteiger partial charge in [-0.3, -0.25) is 14.9 Å². The average Bonchev–Trinajstić information content (AvgIpc) is 2.74. The zero-order chi connectivity index (χ0) is 23.3. The Morgan fingerprint density at radius 3 is 2.38 bits per heavy atom. The molecule has 1 fully saturated rings. The summed E-state index contributed by atoms with van der Waals surface area (Å²) in [6, 6.07) is 11.7. The van der Waals surface area contributed by atoms with E-state index in [0.717, 1.165) is 4.90 Å². The lowest BCUT2D eigenvalue weighted by molar-refractivity contribution is -0.137. The third-order valence-electron chi connectivity index (χ3n) is 4.82. The second kappa shape index (κ2) is 10.3. The fraction of sp³-hybridized carbons (Fsp3) is 0.238. The second-order valence-corrected chi connectivity index (χ2v) is 7.99. The highest BCUT2D eigenvalue weighted by molar-refractivity contribution is 6.31. The maximum Gasteiger partial charge on any atom is 0.326 e. The fourth-order valence-corrected chi connectivity index (χ4v) is 3.57. The summed E-state index contributed by atoms with van der Waals surface area (Å²) in [6.45, 7) is 0.126. The number of primary amides is 1. The number of urea groups is 2. The molecule has 1 aliphatic rings. The van der Waals surface area contributed by atoms with E-state index in [4.69, 9.17) is 28.9 Å². The number of hydrogen-bond acceptors (Lipinski definition) is 4. The van der Waals surface area contributed by atoms with E-state index in [-0.39, 0.29) is 38.6 Å². The molecule has 6 amide bonds. The lowest BCUT2D eigenvalue weighted by Gasteiger charge is -2.35. The van der Waals surface area contributed by atoms with Crippen LogP contribution < -0.4 is 16.0 Å². The van der Waals surface area contributed by atoms with Crippen LogP contribution in [0.2, 0.25) is 10.0 Å². The van der Waals surface area contributed by atoms with Gasteiger partial charge in [0.15, 0.2) is 0 Å². The van der Waals surface area contributed by atoms with Gasteiger partial charge >= 0.3 is 12.1 Å². The molecule has 1 saturated heterocycles. The van der Waals surface area contributed by atoms with Crippen molar-refractivity contribution >= 4 is 52.8 Å². The molecule has 1 aliphatic heterocycles. The minimum atomic E-state index is -1.03. The van der Waals surface area contributed by atoms with Gasteiger partial charge in [0.05, 0.1) is 0 Å². The summed E-state index contributed by atoms with van der Waals surface area (Å²) in [5.41, 5.74) is 6.40. The highest BCUT2D eigenvalue weighted by Gasteiger charge is 2.30. The third kappa shape index (κ3) is 6.12. The lowest BCUT2D eigenvalue weighted by atomic mass is 10.2. The van der Waals surface area contributed by atoms with E-state index < -0.39 is 18.0 Å². The van der Waals surface area contributed by atoms with E-state index >= 15 is 0 Å². The summed E-state index contributed by atoms with van der Waals surface area (Å²) >= 11 is 11.9. The van der Waals surface area contributed by atoms with Crippen molar-refractivity contribution in [3.63, 3.8) is 0 Å². The van der Waals surface area contributed by atoms with Gasteiger partial charge in [-0.05, 0) is 35.9 Å². The van der Waals surface area contributed by atoms with E-state index in [1.807, 2.05) is 5.32 Å². The maximum absolute atomic E-state index is 12.9. The third-order valence-corrected chi connectivity index (χ3v) is 5.31. The van der Waals surface area contributed by atoms with Crippen LogP contribution in [0.15, 0.2) is 48.5 Å². The number of nitrogens with zero attached hydrogens (tertiary/aromatic N) is 3. The van der Waals surface area contributed by atoms with Crippen LogP contribution in [0.1, 0.15) is 5.56 Å². The van der Waals surface area contributed by atoms with Crippen molar-refractivity contribution in [1.82, 2.24) is 15.1 Å². The van der Waals surface area contributed by atoms with Crippen LogP contribution in [0.3, 0.4) is 0 Å². The summed E-state index contributed by atoms with van der Waals surface area (Å²) in [7, 11) is 0. The first kappa shape index (κ1) is 23.4. The molecule has 0 saturated carbocycles. The van der Waals surface area contributed by atoms with Crippen LogP contribution in [0.5, 0.6) is 0 Å². The molecule has 2 aromatic carbocycles. The summed E-state index contributed by atoms with van der Waals surface area (Å²) < 4.78 is 0. The van der Waals surface area contributed by atoms with Crippen molar-refractivity contribution in [3.8, 4) is 0 Å². The molecule has 2 aromatic rings. The van der Waals surface area contributed by atoms with Crippen molar-refractivity contribution in [2.24, 2.45) is 5.73 Å². The number of nitrogens with two attached hydrogens (primary N) is 1. The number of piperazine rings is 1. The molecule has 168 valence electrons. The van der Waals surface area contributed by atoms with E-state index in [1.54, 1.807) is 53.4 Å². The first-order chi connectivity index (χ1) is 15.2. The van der Waals surface area contributed by atoms with Gasteiger partial charge in [-0.15, -0.1) is 0 Å². The molecular formula is C21H21Cl2N5O4. The predicted molar refractivity (Wildman–Crippen MR) is 120 cm³/mol. The Balaban J connectivity index is 1.67. The van der Waals surface area contributed by atoms with Gasteiger partial charge in [0.2, 0.25) is 11.8 Å². The number of carbonyl (C=O) groups is 4. The topological polar surface area (TPSA) is 116 Å². The molecule has 0 atom stereocenters. The summed E-state index contributed by atoms with van der Waals surface area (Å²) in [5.74, 6) is -0.699. The average molecular weight is 478 g/mol. The molecule has 3 N–H and O–H groups in total. The van der Waals surface area contributed by atoms with Crippen LogP contribution in [-0.2, 0) is 16.1 Å². The van der Waals surface area contributed by atoms with E-state index in [1.165, 1.54) is 4.90 Å². The van der Waals surface area contributed by atoms with Crippen molar-refractivity contribution in [2.45, 2.75) is 6.54 Å². The van der Waals surface area contributed by atoms with Gasteiger partial charge in [0, 0.05) is 35.4 Å². The number of imide groups is 1. The minimum Gasteiger partial charge on any atom is -0.351 e. The van der Waals surface area contributed by atoms with Crippen LogP contribution >= 0.6 is 23.2 Å². The highest BCUT2D eigenvalue weighted by atomic mass is 35.5. The molecule has 32 heavy (non-hydrogen) atoms. The molecule has 0 spiro atoms. The monoisotopic (exact) mass is 477 g/mol. The molecule has 0 aromatic heterocycles. The van der Waals surface area contributed by atoms with Gasteiger partial charge in [-0.2, -0.15) is 0 Å². The Kier molecular flexibility index (Phi) is 7.55. The number of benzene rings is 2. The molecule has 9 nitrogen and oxygen atoms in total. The Bertz CT molecular complexity index is 1030. The van der Waals surface area contributed by atoms with Crippen molar-refractivity contribution in [2.75, 3.05) is 31.1 Å². The number of rotatable bonds is 5. The van der Waals surface area contributed by atoms with Crippen LogP contribution in [0.25, 0.3) is 0 Å². The van der Waals surface area contributed by atoms with Crippen molar-refractivity contribution in [1.29, 1.82) is 0 Å². The number of anilines is 1. The SMILES string of the molecule is NC(=O)NC(=O)N(CC(=O)N1CCN(c2cccc(Cl)c2)C(=O)C1)Cc1ccc(Cl)cc1. The first-order valence-electron chi connectivity index (χ1n) is 9.66. The predicted octanol–water partition coefficient (Wildman–Crippen LogP) is 2.46. The maximum atomic E-state index is 12.9. The summed E-state index contributed by atoms with van der Waals surface area (Å²) in [5, 5.41) is 3.00. The van der Waals surface area contributed by atoms with E-state index in [2.05, 4.69) is 0 Å². The Morgan fingerprint density at radius 1 is 1.03 bits per heavy atom. The van der Waals surface area contributed by atoms with Crippen molar-refractivity contribution < 1.29 is 19.2 Å². The Hall–Kier alpha value is -3.30. The van der Waals surface area contributed by atoms with E-state index in [0.29, 0.717) is 21.3 Å². The summed E-state index contributed by atoms with van der Waals surface area (Å²) in [6.07, 6.45) is 0. The standard InChI is InChI=1S/C21H21Cl2N5O4/c22-15-6-4-14(5-7-15)11-27(21(32)25-20(24)31)12-18(29)26-8-9-28(19(30)13-26)17-3-1-2-16(23)10-17/h1-7,10H,8-9,11-13H2,(H3,24,25,31,32). The molecule has 1 heterocycles. The Morgan fingerprint density at radius 2 is 1.75 bits per heavy atom. The van der Waals surface area contributed by atoms with Crippen LogP contribution in [-0.4, -0.2) is 59.9 Å². The first-order valence-corrected chi connectivity index (χ1v) is 10.4. The normalized spacial score (nSPS) is 13.6. The molecule has 11 heteroatoms. The van der Waals surface area contributed by atoms with Crippen LogP contribution in [0.4, 0.5) is 15.3 Å². The highest BCUT2D eigenvalue weighted by Crippen LogP contribution is 2.21. The molecular weight excluding hydrogens is 457 g/mol. The van der Waals surface area contributed by atoms with Gasteiger partial charge in [-0.25, -0.2) is 9.59 Å². The quantitative estimate of drug-likeness (QED) is 0.687. The molecule has 0 radical (unpaired) electrons. The van der Waals surface area contributed by atoms with Gasteiger partial charge < -0.3 is 20.4 Å². The smallest absolute Gasteiger partial charge is 0.326 e. The van der Waals surface area contributed by atoms with Crippen LogP contribution in [0, 0.1) is 0 Å². The second-order valence-electron chi connectivity index (χ2n) is 7.12. The molecule has 0 unspecified atom stereocenters. The summed E-state index contributed by atoms with van der Waals surface area (Å²) in [4.78, 5) is 53.1. The molecule has 0 bridgehead atoms. The number of halogens is 2. The lowest BCUT2D eigenvalue weighted by Crippen LogP contribution is -2.55. The minimum absolute atomic E-state index is 0.0401. The Labute approximate surface area is 194 Å². The van der Waals surface area contributed by atoms with Gasteiger partial charge in [-0.1, -0.05) is 41.4 Å². The molecule has 0 aliphatic carbocycles. The van der Waals surface area contributed by atoms with Gasteiger partial charge in [0.1, 0.15) is 13.1 Å².